The van der Waals surface area contributed by atoms with Gasteiger partial charge in [-0.1, -0.05) is 12.1 Å². The Morgan fingerprint density at radius 2 is 2.10 bits per heavy atom. The van der Waals surface area contributed by atoms with Crippen LogP contribution in [0.3, 0.4) is 0 Å². The molecule has 0 radical (unpaired) electrons. The lowest BCUT2D eigenvalue weighted by molar-refractivity contribution is -0.138. The fourth-order valence-electron chi connectivity index (χ4n) is 5.04. The Morgan fingerprint density at radius 1 is 1.17 bits per heavy atom. The number of carboxylic acids is 1. The second kappa shape index (κ2) is 13.8. The maximum Gasteiger partial charge on any atom is 0.326 e. The molecule has 1 atom stereocenters. The van der Waals surface area contributed by atoms with Crippen LogP contribution in [-0.4, -0.2) is 84.5 Å². The lowest BCUT2D eigenvalue weighted by Gasteiger charge is -2.24. The summed E-state index contributed by atoms with van der Waals surface area (Å²) < 4.78 is 7.48. The van der Waals surface area contributed by atoms with Gasteiger partial charge in [0.2, 0.25) is 5.88 Å². The second-order valence-electron chi connectivity index (χ2n) is 10.2. The first kappa shape index (κ1) is 28.2. The maximum atomic E-state index is 12.2. The average Bonchev–Trinajstić information content (AvgIpc) is 3.38. The smallest absolute Gasteiger partial charge is 0.326 e. The van der Waals surface area contributed by atoms with Gasteiger partial charge in [0.05, 0.1) is 6.20 Å². The van der Waals surface area contributed by atoms with Crippen LogP contribution in [0, 0.1) is 0 Å². The van der Waals surface area contributed by atoms with Gasteiger partial charge in [-0.25, -0.2) is 24.7 Å². The van der Waals surface area contributed by atoms with Gasteiger partial charge in [-0.15, -0.1) is 0 Å². The summed E-state index contributed by atoms with van der Waals surface area (Å²) in [6.07, 6.45) is 10.2. The summed E-state index contributed by atoms with van der Waals surface area (Å²) in [5.74, 6) is 1.13. The average molecular weight is 560 g/mol. The van der Waals surface area contributed by atoms with Crippen LogP contribution < -0.4 is 15.4 Å². The zero-order chi connectivity index (χ0) is 28.4. The van der Waals surface area contributed by atoms with Crippen LogP contribution in [-0.2, 0) is 24.7 Å². The van der Waals surface area contributed by atoms with Crippen molar-refractivity contribution < 1.29 is 14.6 Å². The number of hydrogen-bond donors (Lipinski definition) is 3. The third kappa shape index (κ3) is 7.66. The standard InChI is InChI=1S/C29H37N9O3/c1-37-26-24(19-34-37)32-20-33-28(26)36-23(29(39)40)12-16-38(17-18-41-25-9-2-4-13-30-25)15-5-3-8-22-11-10-21-7-6-14-31-27(21)35-22/h2,4,9-11,13,19-20,23H,3,5-8,12,14-18H2,1H3,(H,31,35)(H,39,40)(H,32,33,36). The molecule has 0 aromatic carbocycles. The first-order valence-electron chi connectivity index (χ1n) is 14.2. The van der Waals surface area contributed by atoms with Gasteiger partial charge in [0, 0.05) is 44.6 Å². The van der Waals surface area contributed by atoms with Crippen molar-refractivity contribution in [1.82, 2.24) is 34.6 Å². The summed E-state index contributed by atoms with van der Waals surface area (Å²) >= 11 is 0. The van der Waals surface area contributed by atoms with Crippen LogP contribution in [0.1, 0.15) is 36.9 Å². The number of ether oxygens (including phenoxy) is 1. The number of pyridine rings is 2. The van der Waals surface area contributed by atoms with Crippen molar-refractivity contribution in [2.24, 2.45) is 7.05 Å². The van der Waals surface area contributed by atoms with Gasteiger partial charge >= 0.3 is 5.97 Å². The highest BCUT2D eigenvalue weighted by Gasteiger charge is 2.21. The number of carboxylic acid groups (broad SMARTS) is 1. The Balaban J connectivity index is 1.17. The third-order valence-electron chi connectivity index (χ3n) is 7.27. The number of hydrogen-bond acceptors (Lipinski definition) is 10. The van der Waals surface area contributed by atoms with Crippen LogP contribution >= 0.6 is 0 Å². The molecule has 0 saturated carbocycles. The molecule has 1 aliphatic rings. The molecule has 4 aromatic rings. The van der Waals surface area contributed by atoms with E-state index in [4.69, 9.17) is 9.72 Å². The van der Waals surface area contributed by atoms with Gasteiger partial charge in [0.25, 0.3) is 0 Å². The Labute approximate surface area is 239 Å². The van der Waals surface area contributed by atoms with E-state index in [1.165, 1.54) is 11.9 Å². The van der Waals surface area contributed by atoms with E-state index in [2.05, 4.69) is 47.7 Å². The number of nitrogens with zero attached hydrogens (tertiary/aromatic N) is 7. The topological polar surface area (TPSA) is 143 Å². The van der Waals surface area contributed by atoms with Crippen molar-refractivity contribution in [2.75, 3.05) is 43.4 Å². The molecule has 0 amide bonds. The lowest BCUT2D eigenvalue weighted by atomic mass is 10.1. The fourth-order valence-corrected chi connectivity index (χ4v) is 5.04. The zero-order valence-electron chi connectivity index (χ0n) is 23.4. The first-order valence-corrected chi connectivity index (χ1v) is 14.2. The lowest BCUT2D eigenvalue weighted by Crippen LogP contribution is -2.37. The van der Waals surface area contributed by atoms with Crippen LogP contribution in [0.4, 0.5) is 11.6 Å². The predicted octanol–water partition coefficient (Wildman–Crippen LogP) is 3.17. The van der Waals surface area contributed by atoms with Gasteiger partial charge in [0.1, 0.15) is 35.8 Å². The van der Waals surface area contributed by atoms with E-state index < -0.39 is 12.0 Å². The number of aryl methyl sites for hydroxylation is 3. The number of unbranched alkanes of at least 4 members (excludes halogenated alkanes) is 1. The van der Waals surface area contributed by atoms with E-state index in [1.807, 2.05) is 18.2 Å². The minimum atomic E-state index is -0.935. The molecule has 12 heteroatoms. The highest BCUT2D eigenvalue weighted by molar-refractivity contribution is 5.87. The van der Waals surface area contributed by atoms with Crippen LogP contribution in [0.2, 0.25) is 0 Å². The summed E-state index contributed by atoms with van der Waals surface area (Å²) in [6, 6.07) is 9.08. The molecule has 0 bridgehead atoms. The molecule has 3 N–H and O–H groups in total. The quantitative estimate of drug-likeness (QED) is 0.185. The molecule has 5 rings (SSSR count). The summed E-state index contributed by atoms with van der Waals surface area (Å²) in [5.41, 5.74) is 3.73. The molecule has 5 heterocycles. The van der Waals surface area contributed by atoms with E-state index in [-0.39, 0.29) is 0 Å². The highest BCUT2D eigenvalue weighted by atomic mass is 16.5. The molecule has 12 nitrogen and oxygen atoms in total. The van der Waals surface area contributed by atoms with Crippen molar-refractivity contribution in [3.63, 3.8) is 0 Å². The van der Waals surface area contributed by atoms with E-state index >= 15 is 0 Å². The number of aromatic nitrogens is 6. The Morgan fingerprint density at radius 3 is 2.95 bits per heavy atom. The van der Waals surface area contributed by atoms with Gasteiger partial charge in [-0.05, 0) is 62.8 Å². The van der Waals surface area contributed by atoms with Crippen molar-refractivity contribution in [3.05, 3.63) is 60.3 Å². The number of anilines is 2. The molecule has 0 fully saturated rings. The van der Waals surface area contributed by atoms with E-state index in [0.29, 0.717) is 48.8 Å². The zero-order valence-corrected chi connectivity index (χ0v) is 23.4. The molecule has 41 heavy (non-hydrogen) atoms. The largest absolute Gasteiger partial charge is 0.480 e. The number of nitrogens with one attached hydrogen (secondary N) is 2. The van der Waals surface area contributed by atoms with Gasteiger partial charge in [-0.2, -0.15) is 5.10 Å². The van der Waals surface area contributed by atoms with Crippen LogP contribution in [0.5, 0.6) is 5.88 Å². The number of rotatable bonds is 15. The number of aliphatic carboxylic acids is 1. The van der Waals surface area contributed by atoms with Crippen LogP contribution in [0.15, 0.2) is 49.1 Å². The maximum absolute atomic E-state index is 12.2. The van der Waals surface area contributed by atoms with Gasteiger partial charge in [0.15, 0.2) is 5.82 Å². The van der Waals surface area contributed by atoms with Crippen molar-refractivity contribution in [2.45, 2.75) is 44.6 Å². The monoisotopic (exact) mass is 559 g/mol. The molecule has 4 aromatic heterocycles. The van der Waals surface area contributed by atoms with Gasteiger partial charge in [-0.3, -0.25) is 9.58 Å². The molecule has 1 aliphatic heterocycles. The Kier molecular flexibility index (Phi) is 9.53. The highest BCUT2D eigenvalue weighted by Crippen LogP contribution is 2.21. The van der Waals surface area contributed by atoms with Gasteiger partial charge < -0.3 is 20.5 Å². The SMILES string of the molecule is Cn1ncc2ncnc(NC(CCN(CCCCc3ccc4c(n3)NCCC4)CCOc3ccccn3)C(=O)O)c21. The number of carbonyl (C=O) groups is 1. The predicted molar refractivity (Wildman–Crippen MR) is 156 cm³/mol. The molecular formula is C29H37N9O3. The fraction of sp³-hybridized carbons (Fsp3) is 0.448. The van der Waals surface area contributed by atoms with Crippen molar-refractivity contribution in [1.29, 1.82) is 0 Å². The summed E-state index contributed by atoms with van der Waals surface area (Å²) in [4.78, 5) is 32.0. The van der Waals surface area contributed by atoms with Crippen LogP contribution in [0.25, 0.3) is 11.0 Å². The minimum Gasteiger partial charge on any atom is -0.480 e. The number of fused-ring (bicyclic) bond motifs is 2. The van der Waals surface area contributed by atoms with E-state index in [0.717, 1.165) is 56.7 Å². The normalized spacial score (nSPS) is 13.5. The molecule has 0 aliphatic carbocycles. The van der Waals surface area contributed by atoms with Crippen molar-refractivity contribution >= 4 is 28.6 Å². The van der Waals surface area contributed by atoms with E-state index in [1.54, 1.807) is 24.1 Å². The molecule has 0 spiro atoms. The summed E-state index contributed by atoms with van der Waals surface area (Å²) in [7, 11) is 1.78. The third-order valence-corrected chi connectivity index (χ3v) is 7.27. The molecule has 216 valence electrons. The molecular weight excluding hydrogens is 522 g/mol. The summed E-state index contributed by atoms with van der Waals surface area (Å²) in [5, 5.41) is 20.7. The summed E-state index contributed by atoms with van der Waals surface area (Å²) in [6.45, 7) is 3.50. The minimum absolute atomic E-state index is 0.389. The van der Waals surface area contributed by atoms with E-state index in [9.17, 15) is 9.90 Å². The molecule has 0 saturated heterocycles. The van der Waals surface area contributed by atoms with Crippen molar-refractivity contribution in [3.8, 4) is 5.88 Å². The second-order valence-corrected chi connectivity index (χ2v) is 10.2. The molecule has 1 unspecified atom stereocenters. The Bertz CT molecular complexity index is 1430. The first-order chi connectivity index (χ1) is 20.1. The Hall–Kier alpha value is -4.32.